The highest BCUT2D eigenvalue weighted by Gasteiger charge is 2.63. The van der Waals surface area contributed by atoms with Gasteiger partial charge in [0, 0.05) is 5.41 Å². The van der Waals surface area contributed by atoms with Gasteiger partial charge in [-0.15, -0.1) is 0 Å². The van der Waals surface area contributed by atoms with E-state index in [0.29, 0.717) is 6.42 Å². The number of carbonyl (C=O) groups excluding carboxylic acids is 1. The van der Waals surface area contributed by atoms with Crippen molar-refractivity contribution in [1.82, 2.24) is 0 Å². The number of hydrogen-bond donors (Lipinski definition) is 1. The van der Waals surface area contributed by atoms with E-state index in [1.165, 1.54) is 0 Å². The molecule has 2 aliphatic rings. The molecule has 3 unspecified atom stereocenters. The average Bonchev–Trinajstić information content (AvgIpc) is 2.59. The van der Waals surface area contributed by atoms with Crippen LogP contribution in [0.2, 0.25) is 0 Å². The van der Waals surface area contributed by atoms with E-state index in [-0.39, 0.29) is 22.5 Å². The van der Waals surface area contributed by atoms with Gasteiger partial charge in [-0.3, -0.25) is 9.59 Å². The van der Waals surface area contributed by atoms with E-state index in [1.54, 1.807) is 6.08 Å². The largest absolute Gasteiger partial charge is 0.481 e. The topological polar surface area (TPSA) is 54.4 Å². The fourth-order valence-electron chi connectivity index (χ4n) is 3.70. The first-order valence-corrected chi connectivity index (χ1v) is 6.75. The first-order chi connectivity index (χ1) is 8.25. The lowest BCUT2D eigenvalue weighted by atomic mass is 9.70. The predicted octanol–water partition coefficient (Wildman–Crippen LogP) is 3.05. The molecule has 2 fully saturated rings. The summed E-state index contributed by atoms with van der Waals surface area (Å²) in [5.41, 5.74) is 0.454. The summed E-state index contributed by atoms with van der Waals surface area (Å²) in [5.74, 6) is -0.932. The lowest BCUT2D eigenvalue weighted by Gasteiger charge is -2.31. The molecule has 0 heterocycles. The van der Waals surface area contributed by atoms with Gasteiger partial charge in [0.15, 0.2) is 5.78 Å². The molecule has 0 aromatic carbocycles. The Morgan fingerprint density at radius 2 is 2.11 bits per heavy atom. The molecule has 2 aliphatic carbocycles. The fraction of sp³-hybridized carbons (Fsp3) is 0.733. The fourth-order valence-corrected chi connectivity index (χ4v) is 3.70. The second-order valence-electron chi connectivity index (χ2n) is 6.45. The van der Waals surface area contributed by atoms with Crippen LogP contribution in [-0.4, -0.2) is 16.9 Å². The van der Waals surface area contributed by atoms with Crippen LogP contribution in [0.5, 0.6) is 0 Å². The van der Waals surface area contributed by atoms with Crippen LogP contribution in [0.3, 0.4) is 0 Å². The van der Waals surface area contributed by atoms with Crippen LogP contribution in [0.4, 0.5) is 0 Å². The number of carboxylic acids is 1. The van der Waals surface area contributed by atoms with Gasteiger partial charge in [0.2, 0.25) is 0 Å². The number of Topliss-reactive ketones (excluding diaryl/α,β-unsaturated/α-hetero) is 1. The van der Waals surface area contributed by atoms with E-state index < -0.39 is 11.9 Å². The van der Waals surface area contributed by atoms with Crippen molar-refractivity contribution in [2.45, 2.75) is 47.0 Å². The van der Waals surface area contributed by atoms with Crippen LogP contribution >= 0.6 is 0 Å². The molecule has 2 saturated carbocycles. The Kier molecular flexibility index (Phi) is 2.91. The molecule has 0 aromatic rings. The van der Waals surface area contributed by atoms with Gasteiger partial charge in [-0.1, -0.05) is 33.8 Å². The number of hydrogen-bond acceptors (Lipinski definition) is 2. The van der Waals surface area contributed by atoms with Crippen molar-refractivity contribution in [2.24, 2.45) is 22.7 Å². The summed E-state index contributed by atoms with van der Waals surface area (Å²) in [6.07, 6.45) is 4.21. The van der Waals surface area contributed by atoms with Crippen LogP contribution in [0.25, 0.3) is 0 Å². The van der Waals surface area contributed by atoms with Gasteiger partial charge in [0.25, 0.3) is 0 Å². The molecule has 100 valence electrons. The van der Waals surface area contributed by atoms with E-state index in [4.69, 9.17) is 5.11 Å². The minimum atomic E-state index is -0.830. The normalized spacial score (nSPS) is 37.2. The number of fused-ring (bicyclic) bond motifs is 2. The molecule has 3 nitrogen and oxygen atoms in total. The van der Waals surface area contributed by atoms with E-state index in [1.807, 2.05) is 13.8 Å². The number of carbonyl (C=O) groups is 2. The summed E-state index contributed by atoms with van der Waals surface area (Å²) in [6.45, 7) is 8.18. The molecule has 0 aliphatic heterocycles. The number of allylic oxidation sites excluding steroid dienone is 1. The molecule has 3 atom stereocenters. The molecular formula is C15H22O3. The number of rotatable bonds is 3. The zero-order valence-electron chi connectivity index (χ0n) is 11.6. The molecule has 2 rings (SSSR count). The minimum Gasteiger partial charge on any atom is -0.481 e. The van der Waals surface area contributed by atoms with Crippen molar-refractivity contribution in [3.63, 3.8) is 0 Å². The lowest BCUT2D eigenvalue weighted by molar-refractivity contribution is -0.140. The highest BCUT2D eigenvalue weighted by atomic mass is 16.4. The van der Waals surface area contributed by atoms with Crippen molar-refractivity contribution in [1.29, 1.82) is 0 Å². The Morgan fingerprint density at radius 3 is 2.50 bits per heavy atom. The third-order valence-corrected chi connectivity index (χ3v) is 5.50. The second-order valence-corrected chi connectivity index (χ2v) is 6.45. The van der Waals surface area contributed by atoms with Crippen molar-refractivity contribution in [3.05, 3.63) is 11.6 Å². The maximum absolute atomic E-state index is 12.5. The first kappa shape index (κ1) is 13.3. The average molecular weight is 250 g/mol. The van der Waals surface area contributed by atoms with Crippen LogP contribution in [0.1, 0.15) is 47.0 Å². The smallest absolute Gasteiger partial charge is 0.310 e. The van der Waals surface area contributed by atoms with E-state index in [2.05, 4.69) is 13.8 Å². The van der Waals surface area contributed by atoms with Crippen LogP contribution < -0.4 is 0 Å². The molecule has 1 N–H and O–H groups in total. The quantitative estimate of drug-likeness (QED) is 0.783. The third kappa shape index (κ3) is 1.49. The van der Waals surface area contributed by atoms with Gasteiger partial charge in [-0.05, 0) is 36.2 Å². The maximum atomic E-state index is 12.5. The van der Waals surface area contributed by atoms with Crippen molar-refractivity contribution < 1.29 is 14.7 Å². The molecule has 0 amide bonds. The maximum Gasteiger partial charge on any atom is 0.310 e. The zero-order chi connectivity index (χ0) is 13.7. The monoisotopic (exact) mass is 250 g/mol. The van der Waals surface area contributed by atoms with E-state index in [0.717, 1.165) is 18.4 Å². The molecule has 18 heavy (non-hydrogen) atoms. The van der Waals surface area contributed by atoms with E-state index >= 15 is 0 Å². The van der Waals surface area contributed by atoms with Gasteiger partial charge < -0.3 is 5.11 Å². The molecule has 2 bridgehead atoms. The summed E-state index contributed by atoms with van der Waals surface area (Å²) in [4.78, 5) is 23.6. The molecule has 0 saturated heterocycles. The Balaban J connectivity index is 2.41. The van der Waals surface area contributed by atoms with Crippen molar-refractivity contribution >= 4 is 11.8 Å². The van der Waals surface area contributed by atoms with Gasteiger partial charge in [-0.25, -0.2) is 0 Å². The lowest BCUT2D eigenvalue weighted by Crippen LogP contribution is -2.32. The molecule has 0 aromatic heterocycles. The zero-order valence-corrected chi connectivity index (χ0v) is 11.6. The van der Waals surface area contributed by atoms with Gasteiger partial charge in [-0.2, -0.15) is 0 Å². The molecule has 0 spiro atoms. The molecule has 0 radical (unpaired) electrons. The Bertz CT molecular complexity index is 433. The second kappa shape index (κ2) is 3.94. The summed E-state index contributed by atoms with van der Waals surface area (Å²) in [7, 11) is 0. The minimum absolute atomic E-state index is 0.0350. The summed E-state index contributed by atoms with van der Waals surface area (Å²) in [5, 5.41) is 9.13. The SMILES string of the molecule is CCC(C=C1C(=O)C2(C)CCC1C2(C)C)C(=O)O. The summed E-state index contributed by atoms with van der Waals surface area (Å²) < 4.78 is 0. The van der Waals surface area contributed by atoms with Gasteiger partial charge >= 0.3 is 5.97 Å². The highest BCUT2D eigenvalue weighted by Crippen LogP contribution is 2.65. The standard InChI is InChI=1S/C15H22O3/c1-5-9(13(17)18)8-10-11-6-7-15(4,12(10)16)14(11,2)3/h8-9,11H,5-7H2,1-4H3,(H,17,18). The van der Waals surface area contributed by atoms with Gasteiger partial charge in [0.1, 0.15) is 0 Å². The number of aliphatic carboxylic acids is 1. The van der Waals surface area contributed by atoms with Crippen molar-refractivity contribution in [3.8, 4) is 0 Å². The first-order valence-electron chi connectivity index (χ1n) is 6.75. The number of carboxylic acid groups (broad SMARTS) is 1. The van der Waals surface area contributed by atoms with Crippen LogP contribution in [-0.2, 0) is 9.59 Å². The summed E-state index contributed by atoms with van der Waals surface area (Å²) >= 11 is 0. The van der Waals surface area contributed by atoms with Crippen molar-refractivity contribution in [2.75, 3.05) is 0 Å². The van der Waals surface area contributed by atoms with Crippen LogP contribution in [0, 0.1) is 22.7 Å². The predicted molar refractivity (Wildman–Crippen MR) is 69.1 cm³/mol. The number of ketones is 1. The molecular weight excluding hydrogens is 228 g/mol. The highest BCUT2D eigenvalue weighted by molar-refractivity contribution is 6.05. The van der Waals surface area contributed by atoms with E-state index in [9.17, 15) is 9.59 Å². The van der Waals surface area contributed by atoms with Crippen LogP contribution in [0.15, 0.2) is 11.6 Å². The van der Waals surface area contributed by atoms with Gasteiger partial charge in [0.05, 0.1) is 5.92 Å². The summed E-state index contributed by atoms with van der Waals surface area (Å²) in [6, 6.07) is 0. The third-order valence-electron chi connectivity index (χ3n) is 5.50. The Labute approximate surface area is 108 Å². The molecule has 3 heteroatoms. The Morgan fingerprint density at radius 1 is 1.50 bits per heavy atom. The Hall–Kier alpha value is -1.12.